The predicted octanol–water partition coefficient (Wildman–Crippen LogP) is -0.534. The first-order valence-corrected chi connectivity index (χ1v) is 5.13. The molecule has 0 aliphatic carbocycles. The average molecular weight is 254 g/mol. The SMILES string of the molecule is O=C(Cn1cc(C(=O)O)nn1)Nc1cnns1. The average Bonchev–Trinajstić information content (AvgIpc) is 2.88. The number of carboxylic acids is 1. The van der Waals surface area contributed by atoms with Crippen LogP contribution < -0.4 is 5.32 Å². The highest BCUT2D eigenvalue weighted by Crippen LogP contribution is 2.08. The summed E-state index contributed by atoms with van der Waals surface area (Å²) >= 11 is 1.04. The fraction of sp³-hybridized carbons (Fsp3) is 0.143. The third-order valence-corrected chi connectivity index (χ3v) is 2.27. The molecule has 88 valence electrons. The number of amides is 1. The quantitative estimate of drug-likeness (QED) is 0.751. The summed E-state index contributed by atoms with van der Waals surface area (Å²) in [7, 11) is 0. The second-order valence-corrected chi connectivity index (χ2v) is 3.72. The van der Waals surface area contributed by atoms with E-state index in [2.05, 4.69) is 25.2 Å². The minimum atomic E-state index is -1.19. The molecule has 0 fully saturated rings. The molecule has 0 bridgehead atoms. The van der Waals surface area contributed by atoms with E-state index in [1.165, 1.54) is 12.4 Å². The Morgan fingerprint density at radius 2 is 2.35 bits per heavy atom. The molecular formula is C7H6N6O3S. The van der Waals surface area contributed by atoms with Gasteiger partial charge in [-0.1, -0.05) is 9.70 Å². The minimum absolute atomic E-state index is 0.127. The number of nitrogens with zero attached hydrogens (tertiary/aromatic N) is 5. The predicted molar refractivity (Wildman–Crippen MR) is 55.5 cm³/mol. The van der Waals surface area contributed by atoms with E-state index in [0.29, 0.717) is 5.00 Å². The Bertz CT molecular complexity index is 536. The van der Waals surface area contributed by atoms with E-state index in [1.54, 1.807) is 0 Å². The number of hydrogen-bond acceptors (Lipinski definition) is 7. The van der Waals surface area contributed by atoms with E-state index in [1.807, 2.05) is 0 Å². The van der Waals surface area contributed by atoms with Gasteiger partial charge in [-0.05, 0) is 0 Å². The molecule has 2 heterocycles. The van der Waals surface area contributed by atoms with Crippen molar-refractivity contribution in [3.8, 4) is 0 Å². The van der Waals surface area contributed by atoms with Gasteiger partial charge in [0, 0.05) is 11.5 Å². The highest BCUT2D eigenvalue weighted by atomic mass is 32.1. The highest BCUT2D eigenvalue weighted by molar-refractivity contribution is 7.10. The molecule has 10 heteroatoms. The fourth-order valence-electron chi connectivity index (χ4n) is 1.02. The number of anilines is 1. The van der Waals surface area contributed by atoms with Crippen molar-refractivity contribution in [1.82, 2.24) is 24.6 Å². The molecule has 0 saturated carbocycles. The number of hydrogen-bond donors (Lipinski definition) is 2. The first kappa shape index (κ1) is 11.1. The van der Waals surface area contributed by atoms with Crippen LogP contribution in [0.25, 0.3) is 0 Å². The largest absolute Gasteiger partial charge is 0.476 e. The summed E-state index contributed by atoms with van der Waals surface area (Å²) in [5.41, 5.74) is -0.211. The maximum atomic E-state index is 11.5. The molecule has 0 unspecified atom stereocenters. The Hall–Kier alpha value is -2.36. The van der Waals surface area contributed by atoms with Crippen LogP contribution in [0.2, 0.25) is 0 Å². The third kappa shape index (κ3) is 2.81. The van der Waals surface area contributed by atoms with Crippen LogP contribution in [0.3, 0.4) is 0 Å². The maximum Gasteiger partial charge on any atom is 0.358 e. The first-order valence-electron chi connectivity index (χ1n) is 4.36. The number of rotatable bonds is 4. The Labute approximate surface area is 98.2 Å². The summed E-state index contributed by atoms with van der Waals surface area (Å²) in [5, 5.41) is 22.1. The van der Waals surface area contributed by atoms with E-state index in [4.69, 9.17) is 5.11 Å². The molecular weight excluding hydrogens is 248 g/mol. The molecule has 0 atom stereocenters. The van der Waals surface area contributed by atoms with E-state index < -0.39 is 5.97 Å². The summed E-state index contributed by atoms with van der Waals surface area (Å²) in [5.74, 6) is -1.55. The lowest BCUT2D eigenvalue weighted by atomic mass is 10.5. The molecule has 1 amide bonds. The van der Waals surface area contributed by atoms with Gasteiger partial charge in [0.15, 0.2) is 5.69 Å². The topological polar surface area (TPSA) is 123 Å². The third-order valence-electron chi connectivity index (χ3n) is 1.69. The molecule has 0 aliphatic heterocycles. The van der Waals surface area contributed by atoms with Crippen LogP contribution in [0.1, 0.15) is 10.5 Å². The summed E-state index contributed by atoms with van der Waals surface area (Å²) in [6.07, 6.45) is 2.58. The van der Waals surface area contributed by atoms with Gasteiger partial charge in [0.25, 0.3) is 0 Å². The van der Waals surface area contributed by atoms with E-state index in [9.17, 15) is 9.59 Å². The van der Waals surface area contributed by atoms with Crippen LogP contribution in [0.5, 0.6) is 0 Å². The Balaban J connectivity index is 1.96. The number of aromatic nitrogens is 5. The highest BCUT2D eigenvalue weighted by Gasteiger charge is 2.11. The van der Waals surface area contributed by atoms with Crippen LogP contribution >= 0.6 is 11.5 Å². The standard InChI is InChI=1S/C7H6N6O3S/c14-5(9-6-1-8-12-17-6)3-13-2-4(7(15)16)10-11-13/h1-2H,3H2,(H,9,14)(H,15,16). The Morgan fingerprint density at radius 1 is 1.53 bits per heavy atom. The molecule has 2 N–H and O–H groups in total. The van der Waals surface area contributed by atoms with E-state index >= 15 is 0 Å². The van der Waals surface area contributed by atoms with Gasteiger partial charge in [0.05, 0.1) is 12.4 Å². The van der Waals surface area contributed by atoms with Crippen LogP contribution in [0.4, 0.5) is 5.00 Å². The molecule has 2 aromatic rings. The molecule has 0 aliphatic rings. The van der Waals surface area contributed by atoms with Crippen molar-refractivity contribution < 1.29 is 14.7 Å². The van der Waals surface area contributed by atoms with Gasteiger partial charge in [-0.15, -0.1) is 10.2 Å². The number of carbonyl (C=O) groups excluding carboxylic acids is 1. The van der Waals surface area contributed by atoms with Crippen molar-refractivity contribution in [1.29, 1.82) is 0 Å². The van der Waals surface area contributed by atoms with Crippen molar-refractivity contribution in [2.75, 3.05) is 5.32 Å². The zero-order valence-corrected chi connectivity index (χ0v) is 9.09. The second kappa shape index (κ2) is 4.65. The normalized spacial score (nSPS) is 10.1. The van der Waals surface area contributed by atoms with Gasteiger partial charge in [0.1, 0.15) is 11.5 Å². The second-order valence-electron chi connectivity index (χ2n) is 2.94. The van der Waals surface area contributed by atoms with Gasteiger partial charge in [-0.2, -0.15) is 0 Å². The smallest absolute Gasteiger partial charge is 0.358 e. The van der Waals surface area contributed by atoms with Gasteiger partial charge >= 0.3 is 5.97 Å². The van der Waals surface area contributed by atoms with Crippen LogP contribution in [0, 0.1) is 0 Å². The van der Waals surface area contributed by atoms with Crippen molar-refractivity contribution >= 4 is 28.4 Å². The number of aromatic carboxylic acids is 1. The Morgan fingerprint density at radius 3 is 2.94 bits per heavy atom. The molecule has 0 radical (unpaired) electrons. The lowest BCUT2D eigenvalue weighted by molar-refractivity contribution is -0.116. The lowest BCUT2D eigenvalue weighted by Gasteiger charge is -1.99. The number of carboxylic acid groups (broad SMARTS) is 1. The first-order chi connectivity index (χ1) is 8.15. The number of nitrogens with one attached hydrogen (secondary N) is 1. The van der Waals surface area contributed by atoms with Gasteiger partial charge in [-0.3, -0.25) is 4.79 Å². The molecule has 9 nitrogen and oxygen atoms in total. The molecule has 2 aromatic heterocycles. The van der Waals surface area contributed by atoms with E-state index in [-0.39, 0.29) is 18.1 Å². The van der Waals surface area contributed by atoms with Crippen molar-refractivity contribution in [3.63, 3.8) is 0 Å². The van der Waals surface area contributed by atoms with Crippen LogP contribution in [-0.2, 0) is 11.3 Å². The van der Waals surface area contributed by atoms with Crippen molar-refractivity contribution in [2.24, 2.45) is 0 Å². The molecule has 0 spiro atoms. The van der Waals surface area contributed by atoms with Gasteiger partial charge < -0.3 is 10.4 Å². The summed E-state index contributed by atoms with van der Waals surface area (Å²) in [4.78, 5) is 22.0. The molecule has 2 rings (SSSR count). The maximum absolute atomic E-state index is 11.5. The van der Waals surface area contributed by atoms with Gasteiger partial charge in [0.2, 0.25) is 5.91 Å². The van der Waals surface area contributed by atoms with Gasteiger partial charge in [-0.25, -0.2) is 9.48 Å². The lowest BCUT2D eigenvalue weighted by Crippen LogP contribution is -2.18. The zero-order chi connectivity index (χ0) is 12.3. The minimum Gasteiger partial charge on any atom is -0.476 e. The zero-order valence-electron chi connectivity index (χ0n) is 8.27. The summed E-state index contributed by atoms with van der Waals surface area (Å²) < 4.78 is 4.71. The number of carbonyl (C=O) groups is 2. The monoisotopic (exact) mass is 254 g/mol. The Kier molecular flexibility index (Phi) is 3.05. The van der Waals surface area contributed by atoms with E-state index in [0.717, 1.165) is 16.2 Å². The van der Waals surface area contributed by atoms with Crippen molar-refractivity contribution in [2.45, 2.75) is 6.54 Å². The summed E-state index contributed by atoms with van der Waals surface area (Å²) in [6, 6.07) is 0. The van der Waals surface area contributed by atoms with Crippen molar-refractivity contribution in [3.05, 3.63) is 18.1 Å². The molecule has 17 heavy (non-hydrogen) atoms. The fourth-order valence-corrected chi connectivity index (χ4v) is 1.46. The molecule has 0 aromatic carbocycles. The molecule has 0 saturated heterocycles. The summed E-state index contributed by atoms with van der Waals surface area (Å²) in [6.45, 7) is -0.127. The van der Waals surface area contributed by atoms with Crippen LogP contribution in [-0.4, -0.2) is 41.6 Å². The van der Waals surface area contributed by atoms with Crippen LogP contribution in [0.15, 0.2) is 12.4 Å².